The van der Waals surface area contributed by atoms with Gasteiger partial charge in [0.25, 0.3) is 0 Å². The fourth-order valence-corrected chi connectivity index (χ4v) is 1.38. The SMILES string of the molecule is OC1=CC2=CC=CC=CC2C=C1. The Labute approximate surface area is 71.7 Å². The van der Waals surface area contributed by atoms with Crippen molar-refractivity contribution < 1.29 is 5.11 Å². The minimum absolute atomic E-state index is 0.330. The number of hydrogen-bond donors (Lipinski definition) is 1. The lowest BCUT2D eigenvalue weighted by molar-refractivity contribution is 0.429. The lowest BCUT2D eigenvalue weighted by Gasteiger charge is -2.12. The molecule has 2 aliphatic rings. The molecule has 1 unspecified atom stereocenters. The van der Waals surface area contributed by atoms with Gasteiger partial charge in [0.15, 0.2) is 0 Å². The highest BCUT2D eigenvalue weighted by Gasteiger charge is 2.10. The normalized spacial score (nSPS) is 25.8. The Hall–Kier alpha value is -1.50. The molecule has 0 bridgehead atoms. The number of aliphatic hydroxyl groups excluding tert-OH is 1. The highest BCUT2D eigenvalue weighted by atomic mass is 16.3. The van der Waals surface area contributed by atoms with E-state index in [1.165, 1.54) is 0 Å². The zero-order valence-corrected chi connectivity index (χ0v) is 6.64. The third-order valence-electron chi connectivity index (χ3n) is 2.00. The molecule has 0 aromatic heterocycles. The topological polar surface area (TPSA) is 20.2 Å². The highest BCUT2D eigenvalue weighted by Crippen LogP contribution is 2.23. The van der Waals surface area contributed by atoms with E-state index in [2.05, 4.69) is 6.08 Å². The maximum Gasteiger partial charge on any atom is 0.115 e. The predicted octanol–water partition coefficient (Wildman–Crippen LogP) is 2.67. The molecule has 2 rings (SSSR count). The van der Waals surface area contributed by atoms with Crippen LogP contribution in [-0.2, 0) is 0 Å². The van der Waals surface area contributed by atoms with E-state index in [0.717, 1.165) is 5.57 Å². The summed E-state index contributed by atoms with van der Waals surface area (Å²) in [5.74, 6) is 0.664. The van der Waals surface area contributed by atoms with Gasteiger partial charge in [-0.1, -0.05) is 36.5 Å². The summed E-state index contributed by atoms with van der Waals surface area (Å²) in [6.45, 7) is 0. The summed E-state index contributed by atoms with van der Waals surface area (Å²) in [5.41, 5.74) is 1.14. The van der Waals surface area contributed by atoms with E-state index in [-0.39, 0.29) is 0 Å². The van der Waals surface area contributed by atoms with Crippen LogP contribution in [0.1, 0.15) is 0 Å². The van der Waals surface area contributed by atoms with Crippen molar-refractivity contribution in [2.24, 2.45) is 5.92 Å². The van der Waals surface area contributed by atoms with E-state index in [9.17, 15) is 5.11 Å². The van der Waals surface area contributed by atoms with Gasteiger partial charge in [0.05, 0.1) is 0 Å². The average Bonchev–Trinajstić information content (AvgIpc) is 2.28. The maximum atomic E-state index is 9.23. The quantitative estimate of drug-likeness (QED) is 0.574. The van der Waals surface area contributed by atoms with Gasteiger partial charge in [-0.05, 0) is 17.7 Å². The molecule has 0 saturated heterocycles. The van der Waals surface area contributed by atoms with Crippen molar-refractivity contribution in [1.29, 1.82) is 0 Å². The molecule has 0 fully saturated rings. The van der Waals surface area contributed by atoms with Crippen molar-refractivity contribution in [2.75, 3.05) is 0 Å². The Balaban J connectivity index is 2.40. The molecule has 0 spiro atoms. The van der Waals surface area contributed by atoms with Crippen molar-refractivity contribution >= 4 is 0 Å². The largest absolute Gasteiger partial charge is 0.508 e. The molecule has 0 heterocycles. The Morgan fingerprint density at radius 3 is 2.92 bits per heavy atom. The first-order valence-electron chi connectivity index (χ1n) is 4.00. The second-order valence-electron chi connectivity index (χ2n) is 2.89. The van der Waals surface area contributed by atoms with Crippen LogP contribution >= 0.6 is 0 Å². The van der Waals surface area contributed by atoms with E-state index in [1.807, 2.05) is 30.4 Å². The van der Waals surface area contributed by atoms with Crippen LogP contribution in [0.25, 0.3) is 0 Å². The maximum absolute atomic E-state index is 9.23. The molecule has 0 aliphatic heterocycles. The number of hydrogen-bond acceptors (Lipinski definition) is 1. The fraction of sp³-hybridized carbons (Fsp3) is 0.0909. The molecule has 1 nitrogen and oxygen atoms in total. The standard InChI is InChI=1S/C11H10O/c12-11-7-6-9-4-2-1-3-5-10(9)8-11/h1-9,12H. The number of allylic oxidation sites excluding steroid dienone is 9. The van der Waals surface area contributed by atoms with Crippen LogP contribution in [0, 0.1) is 5.92 Å². The summed E-state index contributed by atoms with van der Waals surface area (Å²) in [4.78, 5) is 0. The number of aliphatic hydroxyl groups is 1. The Kier molecular flexibility index (Phi) is 1.71. The molecular weight excluding hydrogens is 148 g/mol. The van der Waals surface area contributed by atoms with Crippen LogP contribution in [0.4, 0.5) is 0 Å². The first-order valence-corrected chi connectivity index (χ1v) is 4.00. The van der Waals surface area contributed by atoms with Crippen LogP contribution < -0.4 is 0 Å². The molecule has 0 amide bonds. The number of rotatable bonds is 0. The summed E-state index contributed by atoms with van der Waals surface area (Å²) in [6, 6.07) is 0. The summed E-state index contributed by atoms with van der Waals surface area (Å²) >= 11 is 0. The van der Waals surface area contributed by atoms with Gasteiger partial charge >= 0.3 is 0 Å². The smallest absolute Gasteiger partial charge is 0.115 e. The molecule has 12 heavy (non-hydrogen) atoms. The van der Waals surface area contributed by atoms with Crippen molar-refractivity contribution in [3.63, 3.8) is 0 Å². The monoisotopic (exact) mass is 158 g/mol. The van der Waals surface area contributed by atoms with Crippen LogP contribution in [0.3, 0.4) is 0 Å². The molecule has 1 heteroatoms. The highest BCUT2D eigenvalue weighted by molar-refractivity contribution is 5.42. The van der Waals surface area contributed by atoms with Gasteiger partial charge in [0.2, 0.25) is 0 Å². The lowest BCUT2D eigenvalue weighted by Crippen LogP contribution is -1.99. The third kappa shape index (κ3) is 1.26. The van der Waals surface area contributed by atoms with Crippen molar-refractivity contribution in [1.82, 2.24) is 0 Å². The Morgan fingerprint density at radius 2 is 2.00 bits per heavy atom. The Bertz CT molecular complexity index is 327. The molecular formula is C11H10O. The van der Waals surface area contributed by atoms with Crippen LogP contribution in [0.2, 0.25) is 0 Å². The predicted molar refractivity (Wildman–Crippen MR) is 49.7 cm³/mol. The molecule has 0 radical (unpaired) electrons. The minimum Gasteiger partial charge on any atom is -0.508 e. The molecule has 1 atom stereocenters. The van der Waals surface area contributed by atoms with Gasteiger partial charge in [0, 0.05) is 5.92 Å². The van der Waals surface area contributed by atoms with Crippen LogP contribution in [0.5, 0.6) is 0 Å². The van der Waals surface area contributed by atoms with Gasteiger partial charge in [-0.2, -0.15) is 0 Å². The van der Waals surface area contributed by atoms with E-state index in [0.29, 0.717) is 11.7 Å². The van der Waals surface area contributed by atoms with Crippen LogP contribution in [-0.4, -0.2) is 5.11 Å². The number of fused-ring (bicyclic) bond motifs is 1. The molecule has 0 aromatic rings. The fourth-order valence-electron chi connectivity index (χ4n) is 1.38. The molecule has 0 saturated carbocycles. The van der Waals surface area contributed by atoms with Crippen LogP contribution in [0.15, 0.2) is 59.9 Å². The summed E-state index contributed by atoms with van der Waals surface area (Å²) in [6.07, 6.45) is 15.6. The van der Waals surface area contributed by atoms with Gasteiger partial charge < -0.3 is 5.11 Å². The van der Waals surface area contributed by atoms with Crippen molar-refractivity contribution in [2.45, 2.75) is 0 Å². The van der Waals surface area contributed by atoms with Gasteiger partial charge in [0.1, 0.15) is 5.76 Å². The first-order chi connectivity index (χ1) is 5.86. The van der Waals surface area contributed by atoms with E-state index >= 15 is 0 Å². The van der Waals surface area contributed by atoms with Crippen molar-refractivity contribution in [3.05, 3.63) is 59.9 Å². The minimum atomic E-state index is 0.330. The van der Waals surface area contributed by atoms with Crippen molar-refractivity contribution in [3.8, 4) is 0 Å². The zero-order valence-electron chi connectivity index (χ0n) is 6.64. The molecule has 1 N–H and O–H groups in total. The zero-order chi connectivity index (χ0) is 8.39. The third-order valence-corrected chi connectivity index (χ3v) is 2.00. The summed E-state index contributed by atoms with van der Waals surface area (Å²) in [7, 11) is 0. The van der Waals surface area contributed by atoms with Gasteiger partial charge in [-0.15, -0.1) is 0 Å². The van der Waals surface area contributed by atoms with Gasteiger partial charge in [-0.25, -0.2) is 0 Å². The average molecular weight is 158 g/mol. The second kappa shape index (κ2) is 2.86. The molecule has 0 aromatic carbocycles. The van der Waals surface area contributed by atoms with E-state index < -0.39 is 0 Å². The summed E-state index contributed by atoms with van der Waals surface area (Å²) in [5, 5.41) is 9.23. The first kappa shape index (κ1) is 7.17. The molecule has 2 aliphatic carbocycles. The van der Waals surface area contributed by atoms with Gasteiger partial charge in [-0.3, -0.25) is 0 Å². The van der Waals surface area contributed by atoms with E-state index in [1.54, 1.807) is 12.2 Å². The summed E-state index contributed by atoms with van der Waals surface area (Å²) < 4.78 is 0. The van der Waals surface area contributed by atoms with E-state index in [4.69, 9.17) is 0 Å². The lowest BCUT2D eigenvalue weighted by atomic mass is 9.94. The molecule has 60 valence electrons. The Morgan fingerprint density at radius 1 is 1.08 bits per heavy atom. The second-order valence-corrected chi connectivity index (χ2v) is 2.89.